The molecule has 0 aliphatic rings. The number of aromatic nitrogens is 2. The van der Waals surface area contributed by atoms with Gasteiger partial charge in [-0.1, -0.05) is 121 Å². The summed E-state index contributed by atoms with van der Waals surface area (Å²) in [7, 11) is 0. The highest BCUT2D eigenvalue weighted by atomic mass is 32.1. The van der Waals surface area contributed by atoms with Crippen LogP contribution >= 0.6 is 11.3 Å². The Balaban J connectivity index is 1.01. The lowest BCUT2D eigenvalue weighted by Crippen LogP contribution is -1.96. The fraction of sp³-hybridized carbons (Fsp3) is 0. The molecular weight excluding hydrogens is 637 g/mol. The van der Waals surface area contributed by atoms with Crippen molar-refractivity contribution >= 4 is 75.1 Å². The quantitative estimate of drug-likeness (QED) is 0.177. The van der Waals surface area contributed by atoms with E-state index in [9.17, 15) is 0 Å². The van der Waals surface area contributed by atoms with Gasteiger partial charge in [0.1, 0.15) is 0 Å². The maximum absolute atomic E-state index is 2.41. The second-order valence-corrected chi connectivity index (χ2v) is 14.4. The molecule has 0 aliphatic carbocycles. The average molecular weight is 667 g/mol. The fourth-order valence-electron chi connectivity index (χ4n) is 8.22. The SMILES string of the molecule is c1cc(-c2ccc(-n3c4ccccc4c4cc(-n5c6ccccc6c6ccccc65)ccc43)cc2)cc(-c2cccc3c2sc2ccccc23)c1. The van der Waals surface area contributed by atoms with Gasteiger partial charge in [0.05, 0.1) is 22.1 Å². The van der Waals surface area contributed by atoms with Gasteiger partial charge in [0.25, 0.3) is 0 Å². The van der Waals surface area contributed by atoms with E-state index in [1.807, 2.05) is 11.3 Å². The predicted octanol–water partition coefficient (Wildman–Crippen LogP) is 13.6. The van der Waals surface area contributed by atoms with Gasteiger partial charge < -0.3 is 9.13 Å². The molecule has 0 saturated carbocycles. The number of hydrogen-bond donors (Lipinski definition) is 0. The van der Waals surface area contributed by atoms with E-state index in [-0.39, 0.29) is 0 Å². The third-order valence-electron chi connectivity index (χ3n) is 10.5. The molecule has 0 unspecified atom stereocenters. The molecule has 0 radical (unpaired) electrons. The second-order valence-electron chi connectivity index (χ2n) is 13.3. The molecule has 0 aliphatic heterocycles. The largest absolute Gasteiger partial charge is 0.309 e. The van der Waals surface area contributed by atoms with Crippen LogP contribution in [-0.2, 0) is 0 Å². The lowest BCUT2D eigenvalue weighted by atomic mass is 9.98. The third kappa shape index (κ3) is 4.29. The summed E-state index contributed by atoms with van der Waals surface area (Å²) >= 11 is 1.88. The van der Waals surface area contributed by atoms with Gasteiger partial charge in [-0.25, -0.2) is 0 Å². The van der Waals surface area contributed by atoms with Crippen molar-refractivity contribution in [1.29, 1.82) is 0 Å². The van der Waals surface area contributed by atoms with Crippen LogP contribution in [0.4, 0.5) is 0 Å². The average Bonchev–Trinajstić information content (AvgIpc) is 3.86. The molecule has 0 atom stereocenters. The van der Waals surface area contributed by atoms with Crippen LogP contribution in [0.25, 0.3) is 97.4 Å². The van der Waals surface area contributed by atoms with Gasteiger partial charge in [0.2, 0.25) is 0 Å². The number of hydrogen-bond acceptors (Lipinski definition) is 1. The number of rotatable bonds is 4. The van der Waals surface area contributed by atoms with E-state index >= 15 is 0 Å². The van der Waals surface area contributed by atoms with Crippen LogP contribution in [0.1, 0.15) is 0 Å². The lowest BCUT2D eigenvalue weighted by molar-refractivity contribution is 1.17. The molecule has 3 aromatic heterocycles. The van der Waals surface area contributed by atoms with Crippen LogP contribution in [-0.4, -0.2) is 9.13 Å². The minimum absolute atomic E-state index is 1.15. The first-order chi connectivity index (χ1) is 25.3. The maximum Gasteiger partial charge on any atom is 0.0542 e. The van der Waals surface area contributed by atoms with Crippen LogP contribution in [0, 0.1) is 0 Å². The molecule has 0 saturated heterocycles. The molecular formula is C48H30N2S. The standard InChI is InChI=1S/C48H30N2S/c1-5-19-43-37(13-1)38-14-2-6-20-44(38)50(43)35-27-28-46-42(30-35)39-15-3-7-21-45(39)49(46)34-25-23-31(24-26-34)32-11-9-12-33(29-32)36-17-10-18-41-40-16-4-8-22-47(40)51-48(36)41/h1-30H. The summed E-state index contributed by atoms with van der Waals surface area (Å²) in [6.45, 7) is 0. The normalized spacial score (nSPS) is 11.9. The molecule has 3 heterocycles. The minimum Gasteiger partial charge on any atom is -0.309 e. The second kappa shape index (κ2) is 11.0. The molecule has 2 nitrogen and oxygen atoms in total. The van der Waals surface area contributed by atoms with Crippen LogP contribution in [0.15, 0.2) is 182 Å². The van der Waals surface area contributed by atoms with Gasteiger partial charge in [0, 0.05) is 53.1 Å². The van der Waals surface area contributed by atoms with Crippen LogP contribution in [0.2, 0.25) is 0 Å². The Hall–Kier alpha value is -6.42. The van der Waals surface area contributed by atoms with E-state index in [0.717, 1.165) is 5.69 Å². The molecule has 0 spiro atoms. The first kappa shape index (κ1) is 28.4. The Morgan fingerprint density at radius 3 is 1.57 bits per heavy atom. The van der Waals surface area contributed by atoms with E-state index in [1.54, 1.807) is 0 Å². The monoisotopic (exact) mass is 666 g/mol. The van der Waals surface area contributed by atoms with E-state index < -0.39 is 0 Å². The van der Waals surface area contributed by atoms with Gasteiger partial charge >= 0.3 is 0 Å². The van der Waals surface area contributed by atoms with E-state index in [0.29, 0.717) is 0 Å². The van der Waals surface area contributed by atoms with Crippen molar-refractivity contribution in [2.24, 2.45) is 0 Å². The molecule has 11 aromatic rings. The fourth-order valence-corrected chi connectivity index (χ4v) is 9.46. The van der Waals surface area contributed by atoms with Crippen molar-refractivity contribution < 1.29 is 0 Å². The molecule has 0 N–H and O–H groups in total. The maximum atomic E-state index is 2.41. The lowest BCUT2D eigenvalue weighted by Gasteiger charge is -2.12. The summed E-state index contributed by atoms with van der Waals surface area (Å²) in [5.41, 5.74) is 12.1. The number of nitrogens with zero attached hydrogens (tertiary/aromatic N) is 2. The third-order valence-corrected chi connectivity index (χ3v) is 11.8. The first-order valence-corrected chi connectivity index (χ1v) is 18.3. The Morgan fingerprint density at radius 2 is 0.843 bits per heavy atom. The number of thiophene rings is 1. The van der Waals surface area contributed by atoms with E-state index in [1.165, 1.54) is 91.7 Å². The molecule has 11 rings (SSSR count). The van der Waals surface area contributed by atoms with Crippen molar-refractivity contribution in [3.8, 4) is 33.6 Å². The van der Waals surface area contributed by atoms with Gasteiger partial charge in [-0.15, -0.1) is 11.3 Å². The van der Waals surface area contributed by atoms with Gasteiger partial charge in [-0.3, -0.25) is 0 Å². The topological polar surface area (TPSA) is 9.86 Å². The number of benzene rings is 8. The van der Waals surface area contributed by atoms with Crippen LogP contribution < -0.4 is 0 Å². The highest BCUT2D eigenvalue weighted by Crippen LogP contribution is 2.41. The Bertz CT molecular complexity index is 3080. The van der Waals surface area contributed by atoms with Gasteiger partial charge in [0.15, 0.2) is 0 Å². The summed E-state index contributed by atoms with van der Waals surface area (Å²) in [5, 5.41) is 7.71. The van der Waals surface area contributed by atoms with Crippen molar-refractivity contribution in [2.45, 2.75) is 0 Å². The summed E-state index contributed by atoms with van der Waals surface area (Å²) in [4.78, 5) is 0. The van der Waals surface area contributed by atoms with Gasteiger partial charge in [-0.05, 0) is 82.9 Å². The summed E-state index contributed by atoms with van der Waals surface area (Å²) in [5.74, 6) is 0. The van der Waals surface area contributed by atoms with E-state index in [2.05, 4.69) is 191 Å². The zero-order valence-corrected chi connectivity index (χ0v) is 28.4. The minimum atomic E-state index is 1.15. The smallest absolute Gasteiger partial charge is 0.0542 e. The Kier molecular flexibility index (Phi) is 6.16. The van der Waals surface area contributed by atoms with Crippen molar-refractivity contribution in [1.82, 2.24) is 9.13 Å². The number of fused-ring (bicyclic) bond motifs is 9. The summed E-state index contributed by atoms with van der Waals surface area (Å²) in [6.07, 6.45) is 0. The zero-order valence-electron chi connectivity index (χ0n) is 27.6. The van der Waals surface area contributed by atoms with E-state index in [4.69, 9.17) is 0 Å². The molecule has 0 amide bonds. The Labute approximate surface area is 298 Å². The first-order valence-electron chi connectivity index (χ1n) is 17.4. The summed E-state index contributed by atoms with van der Waals surface area (Å²) < 4.78 is 7.49. The van der Waals surface area contributed by atoms with Crippen LogP contribution in [0.5, 0.6) is 0 Å². The predicted molar refractivity (Wildman–Crippen MR) is 219 cm³/mol. The summed E-state index contributed by atoms with van der Waals surface area (Å²) in [6, 6.07) is 66.6. The van der Waals surface area contributed by atoms with Gasteiger partial charge in [-0.2, -0.15) is 0 Å². The molecule has 238 valence electrons. The van der Waals surface area contributed by atoms with Crippen molar-refractivity contribution in [3.05, 3.63) is 182 Å². The molecule has 8 aromatic carbocycles. The van der Waals surface area contributed by atoms with Crippen molar-refractivity contribution in [3.63, 3.8) is 0 Å². The zero-order chi connectivity index (χ0) is 33.5. The molecule has 0 fully saturated rings. The highest BCUT2D eigenvalue weighted by molar-refractivity contribution is 7.26. The molecule has 3 heteroatoms. The highest BCUT2D eigenvalue weighted by Gasteiger charge is 2.17. The van der Waals surface area contributed by atoms with Crippen molar-refractivity contribution in [2.75, 3.05) is 0 Å². The molecule has 51 heavy (non-hydrogen) atoms. The Morgan fingerprint density at radius 1 is 0.314 bits per heavy atom. The van der Waals surface area contributed by atoms with Crippen LogP contribution in [0.3, 0.4) is 0 Å². The number of para-hydroxylation sites is 3. The molecule has 0 bridgehead atoms.